The molecule has 0 fully saturated rings. The van der Waals surface area contributed by atoms with Crippen molar-refractivity contribution in [2.24, 2.45) is 0 Å². The smallest absolute Gasteiger partial charge is 0.313 e. The Kier molecular flexibility index (Phi) is 10.2. The van der Waals surface area contributed by atoms with Crippen LogP contribution in [0.3, 0.4) is 0 Å². The molecule has 0 aliphatic carbocycles. The van der Waals surface area contributed by atoms with Gasteiger partial charge in [0.1, 0.15) is 5.75 Å². The van der Waals surface area contributed by atoms with Gasteiger partial charge in [-0.15, -0.1) is 0 Å². The van der Waals surface area contributed by atoms with Crippen molar-refractivity contribution >= 4 is 5.97 Å². The van der Waals surface area contributed by atoms with E-state index >= 15 is 0 Å². The standard InChI is InChI=1S/C20H32O3/c1-4-6-7-8-9-10-15-23-20(21)17(3)18-12-11-13-19(16-18)22-14-5-2/h11-13,16-17H,4-10,14-15H2,1-3H3. The van der Waals surface area contributed by atoms with Crippen LogP contribution in [0.2, 0.25) is 0 Å². The molecule has 0 spiro atoms. The maximum atomic E-state index is 12.1. The normalized spacial score (nSPS) is 12.0. The molecule has 0 saturated heterocycles. The van der Waals surface area contributed by atoms with Crippen molar-refractivity contribution in [1.29, 1.82) is 0 Å². The molecule has 0 N–H and O–H groups in total. The van der Waals surface area contributed by atoms with Gasteiger partial charge in [-0.25, -0.2) is 0 Å². The van der Waals surface area contributed by atoms with E-state index in [1.54, 1.807) is 0 Å². The lowest BCUT2D eigenvalue weighted by molar-refractivity contribution is -0.145. The summed E-state index contributed by atoms with van der Waals surface area (Å²) in [5, 5.41) is 0. The van der Waals surface area contributed by atoms with Crippen LogP contribution in [0.15, 0.2) is 24.3 Å². The summed E-state index contributed by atoms with van der Waals surface area (Å²) in [6.45, 7) is 7.40. The highest BCUT2D eigenvalue weighted by Gasteiger charge is 2.17. The first-order valence-electron chi connectivity index (χ1n) is 9.08. The zero-order chi connectivity index (χ0) is 16.9. The molecule has 0 saturated carbocycles. The molecule has 0 aliphatic heterocycles. The number of unbranched alkanes of at least 4 members (excludes halogenated alkanes) is 5. The minimum Gasteiger partial charge on any atom is -0.494 e. The topological polar surface area (TPSA) is 35.5 Å². The van der Waals surface area contributed by atoms with Crippen molar-refractivity contribution in [2.45, 2.75) is 71.6 Å². The molecule has 3 nitrogen and oxygen atoms in total. The van der Waals surface area contributed by atoms with Crippen LogP contribution in [-0.2, 0) is 9.53 Å². The van der Waals surface area contributed by atoms with Crippen molar-refractivity contribution in [3.63, 3.8) is 0 Å². The predicted octanol–water partition coefficient (Wildman–Crippen LogP) is 5.48. The van der Waals surface area contributed by atoms with E-state index in [1.807, 2.05) is 31.2 Å². The number of carbonyl (C=O) groups excluding carboxylic acids is 1. The number of rotatable bonds is 12. The molecular formula is C20H32O3. The van der Waals surface area contributed by atoms with Crippen molar-refractivity contribution in [3.8, 4) is 5.75 Å². The fraction of sp³-hybridized carbons (Fsp3) is 0.650. The number of carbonyl (C=O) groups is 1. The summed E-state index contributed by atoms with van der Waals surface area (Å²) in [6, 6.07) is 7.74. The van der Waals surface area contributed by atoms with Gasteiger partial charge in [-0.1, -0.05) is 58.1 Å². The SMILES string of the molecule is CCCCCCCCOC(=O)C(C)c1cccc(OCCC)c1. The number of benzene rings is 1. The van der Waals surface area contributed by atoms with E-state index in [4.69, 9.17) is 9.47 Å². The van der Waals surface area contributed by atoms with Gasteiger partial charge in [-0.2, -0.15) is 0 Å². The predicted molar refractivity (Wildman–Crippen MR) is 95.0 cm³/mol. The van der Waals surface area contributed by atoms with Crippen molar-refractivity contribution < 1.29 is 14.3 Å². The van der Waals surface area contributed by atoms with Crippen LogP contribution >= 0.6 is 0 Å². The molecule has 1 rings (SSSR count). The highest BCUT2D eigenvalue weighted by Crippen LogP contribution is 2.22. The Balaban J connectivity index is 2.32. The van der Waals surface area contributed by atoms with E-state index < -0.39 is 0 Å². The summed E-state index contributed by atoms with van der Waals surface area (Å²) in [4.78, 5) is 12.1. The van der Waals surface area contributed by atoms with Gasteiger partial charge in [0.15, 0.2) is 0 Å². The number of ether oxygens (including phenoxy) is 2. The monoisotopic (exact) mass is 320 g/mol. The molecule has 0 radical (unpaired) electrons. The Labute approximate surface area is 141 Å². The molecule has 1 unspecified atom stereocenters. The van der Waals surface area contributed by atoms with Crippen LogP contribution in [0.4, 0.5) is 0 Å². The highest BCUT2D eigenvalue weighted by molar-refractivity contribution is 5.77. The van der Waals surface area contributed by atoms with Crippen molar-refractivity contribution in [3.05, 3.63) is 29.8 Å². The quantitative estimate of drug-likeness (QED) is 0.378. The number of hydrogen-bond acceptors (Lipinski definition) is 3. The lowest BCUT2D eigenvalue weighted by Gasteiger charge is -2.13. The van der Waals surface area contributed by atoms with Gasteiger partial charge in [0, 0.05) is 0 Å². The zero-order valence-corrected chi connectivity index (χ0v) is 15.0. The summed E-state index contributed by atoms with van der Waals surface area (Å²) in [5.41, 5.74) is 0.951. The summed E-state index contributed by atoms with van der Waals surface area (Å²) in [5.74, 6) is 0.423. The molecule has 0 amide bonds. The Morgan fingerprint density at radius 3 is 2.48 bits per heavy atom. The molecule has 0 aliphatic rings. The van der Waals surface area contributed by atoms with Gasteiger partial charge in [0.2, 0.25) is 0 Å². The molecule has 0 bridgehead atoms. The summed E-state index contributed by atoms with van der Waals surface area (Å²) in [6.07, 6.45) is 8.15. The third-order valence-electron chi connectivity index (χ3n) is 3.93. The van der Waals surface area contributed by atoms with E-state index in [2.05, 4.69) is 13.8 Å². The fourth-order valence-electron chi connectivity index (χ4n) is 2.41. The average molecular weight is 320 g/mol. The molecule has 130 valence electrons. The van der Waals surface area contributed by atoms with Crippen LogP contribution in [0.25, 0.3) is 0 Å². The first kappa shape index (κ1) is 19.5. The zero-order valence-electron chi connectivity index (χ0n) is 15.0. The van der Waals surface area contributed by atoms with Crippen LogP contribution in [0, 0.1) is 0 Å². The van der Waals surface area contributed by atoms with E-state index in [1.165, 1.54) is 25.7 Å². The van der Waals surface area contributed by atoms with Gasteiger partial charge in [0.25, 0.3) is 0 Å². The van der Waals surface area contributed by atoms with Crippen molar-refractivity contribution in [2.75, 3.05) is 13.2 Å². The molecule has 1 aromatic carbocycles. The number of esters is 1. The molecule has 0 aromatic heterocycles. The largest absolute Gasteiger partial charge is 0.494 e. The van der Waals surface area contributed by atoms with Crippen LogP contribution in [0.1, 0.15) is 77.2 Å². The van der Waals surface area contributed by atoms with Crippen LogP contribution < -0.4 is 4.74 Å². The maximum Gasteiger partial charge on any atom is 0.313 e. The minimum absolute atomic E-state index is 0.147. The Morgan fingerprint density at radius 1 is 1.00 bits per heavy atom. The third kappa shape index (κ3) is 8.06. The molecule has 23 heavy (non-hydrogen) atoms. The van der Waals surface area contributed by atoms with Gasteiger partial charge in [-0.05, 0) is 37.5 Å². The number of hydrogen-bond donors (Lipinski definition) is 0. The van der Waals surface area contributed by atoms with E-state index in [-0.39, 0.29) is 11.9 Å². The maximum absolute atomic E-state index is 12.1. The van der Waals surface area contributed by atoms with Gasteiger partial charge < -0.3 is 9.47 Å². The first-order chi connectivity index (χ1) is 11.2. The van der Waals surface area contributed by atoms with E-state index in [0.29, 0.717) is 13.2 Å². The highest BCUT2D eigenvalue weighted by atomic mass is 16.5. The minimum atomic E-state index is -0.250. The second-order valence-corrected chi connectivity index (χ2v) is 6.08. The lowest BCUT2D eigenvalue weighted by Crippen LogP contribution is -2.14. The molecule has 1 atom stereocenters. The second-order valence-electron chi connectivity index (χ2n) is 6.08. The molecule has 0 heterocycles. The molecule has 1 aromatic rings. The third-order valence-corrected chi connectivity index (χ3v) is 3.93. The molecular weight excluding hydrogens is 288 g/mol. The van der Waals surface area contributed by atoms with Crippen LogP contribution in [-0.4, -0.2) is 19.2 Å². The van der Waals surface area contributed by atoms with Gasteiger partial charge in [0.05, 0.1) is 19.1 Å². The Bertz CT molecular complexity index is 442. The van der Waals surface area contributed by atoms with Crippen molar-refractivity contribution in [1.82, 2.24) is 0 Å². The Hall–Kier alpha value is -1.51. The summed E-state index contributed by atoms with van der Waals surface area (Å²) in [7, 11) is 0. The first-order valence-corrected chi connectivity index (χ1v) is 9.08. The fourth-order valence-corrected chi connectivity index (χ4v) is 2.41. The van der Waals surface area contributed by atoms with E-state index in [0.717, 1.165) is 30.6 Å². The summed E-state index contributed by atoms with van der Waals surface area (Å²) < 4.78 is 11.0. The average Bonchev–Trinajstić information content (AvgIpc) is 2.58. The van der Waals surface area contributed by atoms with Crippen LogP contribution in [0.5, 0.6) is 5.75 Å². The summed E-state index contributed by atoms with van der Waals surface area (Å²) >= 11 is 0. The lowest BCUT2D eigenvalue weighted by atomic mass is 10.0. The second kappa shape index (κ2) is 12.0. The van der Waals surface area contributed by atoms with Gasteiger partial charge >= 0.3 is 5.97 Å². The van der Waals surface area contributed by atoms with Gasteiger partial charge in [-0.3, -0.25) is 4.79 Å². The Morgan fingerprint density at radius 2 is 1.74 bits per heavy atom. The molecule has 3 heteroatoms. The van der Waals surface area contributed by atoms with E-state index in [9.17, 15) is 4.79 Å².